The van der Waals surface area contributed by atoms with Gasteiger partial charge in [-0.05, 0) is 49.7 Å². The molecule has 0 aromatic carbocycles. The van der Waals surface area contributed by atoms with Gasteiger partial charge >= 0.3 is 0 Å². The molecule has 1 fully saturated rings. The SMILES string of the molecule is O=c1ccc(-c2ccncc2)nn1CC1CCCN1Cc1cn2ccccc2n1. The molecule has 1 saturated heterocycles. The van der Waals surface area contributed by atoms with Crippen LogP contribution < -0.4 is 5.56 Å². The number of rotatable bonds is 5. The van der Waals surface area contributed by atoms with E-state index >= 15 is 0 Å². The molecule has 1 aliphatic rings. The van der Waals surface area contributed by atoms with Gasteiger partial charge in [-0.1, -0.05) is 6.07 Å². The van der Waals surface area contributed by atoms with E-state index in [0.29, 0.717) is 6.54 Å². The van der Waals surface area contributed by atoms with Gasteiger partial charge in [0.05, 0.1) is 17.9 Å². The van der Waals surface area contributed by atoms with Crippen molar-refractivity contribution in [2.45, 2.75) is 32.0 Å². The van der Waals surface area contributed by atoms with Gasteiger partial charge in [-0.15, -0.1) is 0 Å². The molecule has 4 aromatic rings. The van der Waals surface area contributed by atoms with Crippen LogP contribution in [-0.2, 0) is 13.1 Å². The van der Waals surface area contributed by atoms with Gasteiger partial charge in [0.1, 0.15) is 5.65 Å². The molecule has 146 valence electrons. The normalized spacial score (nSPS) is 17.2. The van der Waals surface area contributed by atoms with Gasteiger partial charge in [0.15, 0.2) is 0 Å². The number of nitrogens with zero attached hydrogens (tertiary/aromatic N) is 6. The molecule has 4 aromatic heterocycles. The maximum absolute atomic E-state index is 12.4. The van der Waals surface area contributed by atoms with Crippen molar-refractivity contribution in [1.29, 1.82) is 0 Å². The highest BCUT2D eigenvalue weighted by Gasteiger charge is 2.26. The van der Waals surface area contributed by atoms with Crippen LogP contribution in [0.5, 0.6) is 0 Å². The Bertz CT molecular complexity index is 1150. The lowest BCUT2D eigenvalue weighted by molar-refractivity contribution is 0.215. The molecule has 1 unspecified atom stereocenters. The van der Waals surface area contributed by atoms with E-state index in [4.69, 9.17) is 4.98 Å². The van der Waals surface area contributed by atoms with E-state index in [-0.39, 0.29) is 11.6 Å². The smallest absolute Gasteiger partial charge is 0.266 e. The predicted molar refractivity (Wildman–Crippen MR) is 110 cm³/mol. The first-order chi connectivity index (χ1) is 14.3. The highest BCUT2D eigenvalue weighted by Crippen LogP contribution is 2.21. The minimum atomic E-state index is -0.0672. The Kier molecular flexibility index (Phi) is 4.65. The molecule has 0 bridgehead atoms. The fraction of sp³-hybridized carbons (Fsp3) is 0.273. The maximum atomic E-state index is 12.4. The standard InChI is InChI=1S/C22H22N6O/c29-22-7-6-20(17-8-10-23-11-9-17)25-28(22)16-19-4-3-13-26(19)14-18-15-27-12-2-1-5-21(27)24-18/h1-2,5-12,15,19H,3-4,13-14,16H2. The Hall–Kier alpha value is -3.32. The second-order valence-electron chi connectivity index (χ2n) is 7.44. The van der Waals surface area contributed by atoms with Crippen LogP contribution >= 0.6 is 0 Å². The summed E-state index contributed by atoms with van der Waals surface area (Å²) in [6.07, 6.45) is 9.75. The van der Waals surface area contributed by atoms with Crippen molar-refractivity contribution in [1.82, 2.24) is 29.0 Å². The van der Waals surface area contributed by atoms with Crippen molar-refractivity contribution in [2.24, 2.45) is 0 Å². The van der Waals surface area contributed by atoms with Gasteiger partial charge in [0.25, 0.3) is 5.56 Å². The summed E-state index contributed by atoms with van der Waals surface area (Å²) in [5, 5.41) is 4.61. The van der Waals surface area contributed by atoms with Crippen LogP contribution in [0.15, 0.2) is 72.0 Å². The zero-order valence-corrected chi connectivity index (χ0v) is 16.1. The Labute approximate surface area is 168 Å². The van der Waals surface area contributed by atoms with Crippen LogP contribution in [0.2, 0.25) is 0 Å². The quantitative estimate of drug-likeness (QED) is 0.527. The summed E-state index contributed by atoms with van der Waals surface area (Å²) in [7, 11) is 0. The maximum Gasteiger partial charge on any atom is 0.266 e. The van der Waals surface area contributed by atoms with Gasteiger partial charge in [-0.25, -0.2) is 9.67 Å². The van der Waals surface area contributed by atoms with E-state index in [9.17, 15) is 4.79 Å². The van der Waals surface area contributed by atoms with E-state index in [1.165, 1.54) is 0 Å². The molecule has 0 aliphatic carbocycles. The van der Waals surface area contributed by atoms with Crippen molar-refractivity contribution in [2.75, 3.05) is 6.54 Å². The minimum Gasteiger partial charge on any atom is -0.307 e. The molecule has 7 heteroatoms. The molecule has 5 rings (SSSR count). The number of aromatic nitrogens is 5. The molecular formula is C22H22N6O. The first-order valence-electron chi connectivity index (χ1n) is 9.91. The summed E-state index contributed by atoms with van der Waals surface area (Å²) in [5.74, 6) is 0. The molecule has 1 aliphatic heterocycles. The Morgan fingerprint density at radius 3 is 2.83 bits per heavy atom. The lowest BCUT2D eigenvalue weighted by Crippen LogP contribution is -2.36. The van der Waals surface area contributed by atoms with Crippen LogP contribution in [0.3, 0.4) is 0 Å². The topological polar surface area (TPSA) is 68.3 Å². The second-order valence-corrected chi connectivity index (χ2v) is 7.44. The van der Waals surface area contributed by atoms with Gasteiger partial charge in [-0.3, -0.25) is 14.7 Å². The summed E-state index contributed by atoms with van der Waals surface area (Å²) in [4.78, 5) is 23.6. The summed E-state index contributed by atoms with van der Waals surface area (Å²) in [5.41, 5.74) is 3.69. The molecule has 0 spiro atoms. The number of likely N-dealkylation sites (tertiary alicyclic amines) is 1. The molecule has 5 heterocycles. The molecule has 0 amide bonds. The molecule has 1 atom stereocenters. The van der Waals surface area contributed by atoms with Crippen LogP contribution in [0.4, 0.5) is 0 Å². The van der Waals surface area contributed by atoms with Crippen molar-refractivity contribution in [3.8, 4) is 11.3 Å². The molecular weight excluding hydrogens is 364 g/mol. The van der Waals surface area contributed by atoms with Crippen LogP contribution in [-0.4, -0.2) is 41.6 Å². The fourth-order valence-corrected chi connectivity index (χ4v) is 4.04. The van der Waals surface area contributed by atoms with Gasteiger partial charge in [0, 0.05) is 49.0 Å². The van der Waals surface area contributed by atoms with Crippen molar-refractivity contribution in [3.63, 3.8) is 0 Å². The van der Waals surface area contributed by atoms with Crippen molar-refractivity contribution >= 4 is 5.65 Å². The monoisotopic (exact) mass is 386 g/mol. The van der Waals surface area contributed by atoms with Crippen LogP contribution in [0.25, 0.3) is 16.9 Å². The van der Waals surface area contributed by atoms with Gasteiger partial charge in [0.2, 0.25) is 0 Å². The molecule has 0 N–H and O–H groups in total. The third-order valence-corrected chi connectivity index (χ3v) is 5.50. The third kappa shape index (κ3) is 3.69. The first kappa shape index (κ1) is 17.8. The van der Waals surface area contributed by atoms with E-state index in [0.717, 1.165) is 48.5 Å². The highest BCUT2D eigenvalue weighted by molar-refractivity contribution is 5.57. The number of hydrogen-bond acceptors (Lipinski definition) is 5. The molecule has 0 radical (unpaired) electrons. The first-order valence-corrected chi connectivity index (χ1v) is 9.91. The lowest BCUT2D eigenvalue weighted by atomic mass is 10.2. The molecule has 0 saturated carbocycles. The summed E-state index contributed by atoms with van der Waals surface area (Å²) in [6.45, 7) is 2.38. The van der Waals surface area contributed by atoms with E-state index < -0.39 is 0 Å². The fourth-order valence-electron chi connectivity index (χ4n) is 4.04. The predicted octanol–water partition coefficient (Wildman–Crippen LogP) is 2.62. The summed E-state index contributed by atoms with van der Waals surface area (Å²) in [6, 6.07) is 13.5. The summed E-state index contributed by atoms with van der Waals surface area (Å²) >= 11 is 0. The zero-order chi connectivity index (χ0) is 19.6. The highest BCUT2D eigenvalue weighted by atomic mass is 16.1. The van der Waals surface area contributed by atoms with E-state index in [1.54, 1.807) is 29.2 Å². The Morgan fingerprint density at radius 2 is 1.97 bits per heavy atom. The largest absolute Gasteiger partial charge is 0.307 e. The zero-order valence-electron chi connectivity index (χ0n) is 16.1. The molecule has 29 heavy (non-hydrogen) atoms. The lowest BCUT2D eigenvalue weighted by Gasteiger charge is -2.23. The third-order valence-electron chi connectivity index (χ3n) is 5.50. The second kappa shape index (κ2) is 7.60. The minimum absolute atomic E-state index is 0.0672. The number of fused-ring (bicyclic) bond motifs is 1. The number of imidazole rings is 1. The average molecular weight is 386 g/mol. The average Bonchev–Trinajstić information content (AvgIpc) is 3.36. The van der Waals surface area contributed by atoms with E-state index in [2.05, 4.69) is 21.2 Å². The van der Waals surface area contributed by atoms with Crippen molar-refractivity contribution < 1.29 is 0 Å². The van der Waals surface area contributed by atoms with Gasteiger partial charge < -0.3 is 4.40 Å². The Balaban J connectivity index is 1.36. The van der Waals surface area contributed by atoms with Crippen LogP contribution in [0.1, 0.15) is 18.5 Å². The molecule has 7 nitrogen and oxygen atoms in total. The van der Waals surface area contributed by atoms with Crippen LogP contribution in [0, 0.1) is 0 Å². The number of hydrogen-bond donors (Lipinski definition) is 0. The van der Waals surface area contributed by atoms with E-state index in [1.807, 2.05) is 40.9 Å². The van der Waals surface area contributed by atoms with Gasteiger partial charge in [-0.2, -0.15) is 5.10 Å². The Morgan fingerprint density at radius 1 is 1.07 bits per heavy atom. The number of pyridine rings is 2. The van der Waals surface area contributed by atoms with Crippen molar-refractivity contribution in [3.05, 3.63) is 83.3 Å². The summed E-state index contributed by atoms with van der Waals surface area (Å²) < 4.78 is 3.65.